The molecule has 2 aliphatic heterocycles. The minimum atomic E-state index is -0.330. The lowest BCUT2D eigenvalue weighted by Crippen LogP contribution is -2.37. The molecule has 1 fully saturated rings. The van der Waals surface area contributed by atoms with Crippen LogP contribution in [-0.4, -0.2) is 53.5 Å². The van der Waals surface area contributed by atoms with Crippen molar-refractivity contribution in [2.24, 2.45) is 11.0 Å². The molecule has 1 saturated heterocycles. The molecule has 0 bridgehead atoms. The number of hydrogen-bond acceptors (Lipinski definition) is 8. The molecule has 2 aliphatic rings. The Balaban J connectivity index is 1.39. The van der Waals surface area contributed by atoms with Crippen LogP contribution in [-0.2, 0) is 11.3 Å². The maximum atomic E-state index is 12.7. The third kappa shape index (κ3) is 5.70. The number of piperidine rings is 1. The number of hydrogen-bond donors (Lipinski definition) is 2. The smallest absolute Gasteiger partial charge is 0.265 e. The molecule has 0 saturated carbocycles. The lowest BCUT2D eigenvalue weighted by Gasteiger charge is -2.29. The van der Waals surface area contributed by atoms with E-state index in [2.05, 4.69) is 20.5 Å². The molecule has 4 rings (SSSR count). The van der Waals surface area contributed by atoms with Crippen LogP contribution in [0, 0.1) is 4.91 Å². The highest BCUT2D eigenvalue weighted by Gasteiger charge is 2.20. The zero-order valence-electron chi connectivity index (χ0n) is 18.7. The molecule has 33 heavy (non-hydrogen) atoms. The number of pyridine rings is 1. The Bertz CT molecular complexity index is 1050. The Kier molecular flexibility index (Phi) is 7.23. The number of carbonyl (C=O) groups is 1. The van der Waals surface area contributed by atoms with Gasteiger partial charge in [0.25, 0.3) is 5.91 Å². The summed E-state index contributed by atoms with van der Waals surface area (Å²) in [7, 11) is 1.94. The Morgan fingerprint density at radius 2 is 2.15 bits per heavy atom. The van der Waals surface area contributed by atoms with E-state index in [1.54, 1.807) is 18.5 Å². The highest BCUT2D eigenvalue weighted by atomic mass is 16.3. The molecule has 172 valence electrons. The Hall–Kier alpha value is -3.40. The number of rotatable bonds is 7. The van der Waals surface area contributed by atoms with E-state index in [1.165, 1.54) is 6.08 Å². The van der Waals surface area contributed by atoms with Crippen molar-refractivity contribution < 1.29 is 4.79 Å². The molecule has 1 atom stereocenters. The quantitative estimate of drug-likeness (QED) is 0.221. The van der Waals surface area contributed by atoms with Crippen LogP contribution < -0.4 is 16.3 Å². The Morgan fingerprint density at radius 1 is 1.33 bits per heavy atom. The van der Waals surface area contributed by atoms with Gasteiger partial charge in [-0.3, -0.25) is 14.7 Å². The molecule has 2 aromatic rings. The number of likely N-dealkylation sites (tertiary alicyclic amines) is 1. The lowest BCUT2D eigenvalue weighted by atomic mass is 10.0. The number of nitrogens with one attached hydrogen (secondary N) is 1. The van der Waals surface area contributed by atoms with Crippen LogP contribution in [0.5, 0.6) is 0 Å². The summed E-state index contributed by atoms with van der Waals surface area (Å²) in [6.45, 7) is 3.11. The van der Waals surface area contributed by atoms with Crippen molar-refractivity contribution in [2.75, 3.05) is 31.7 Å². The van der Waals surface area contributed by atoms with Crippen LogP contribution in [0.4, 0.5) is 5.69 Å². The molecule has 3 heterocycles. The molecule has 3 N–H and O–H groups in total. The molecular weight excluding hydrogens is 418 g/mol. The number of anilines is 1. The van der Waals surface area contributed by atoms with E-state index < -0.39 is 0 Å². The third-order valence-electron chi connectivity index (χ3n) is 5.96. The van der Waals surface area contributed by atoms with Gasteiger partial charge in [-0.1, -0.05) is 17.3 Å². The third-order valence-corrected chi connectivity index (χ3v) is 5.96. The maximum Gasteiger partial charge on any atom is 0.265 e. The fourth-order valence-corrected chi connectivity index (χ4v) is 4.18. The number of nitrogens with zero attached hydrogens (tertiary/aromatic N) is 5. The summed E-state index contributed by atoms with van der Waals surface area (Å²) in [5, 5.41) is 6.23. The van der Waals surface area contributed by atoms with Crippen LogP contribution >= 0.6 is 0 Å². The number of nitrogens with two attached hydrogens (primary N) is 1. The van der Waals surface area contributed by atoms with Crippen LogP contribution in [0.3, 0.4) is 0 Å². The molecule has 1 aromatic carbocycles. The number of carbonyl (C=O) groups excluding carboxylic acids is 1. The summed E-state index contributed by atoms with van der Waals surface area (Å²) in [5.74, 6) is 5.75. The van der Waals surface area contributed by atoms with Gasteiger partial charge >= 0.3 is 0 Å². The Morgan fingerprint density at radius 3 is 2.88 bits per heavy atom. The van der Waals surface area contributed by atoms with Crippen molar-refractivity contribution in [1.82, 2.24) is 20.3 Å². The van der Waals surface area contributed by atoms with Gasteiger partial charge in [0, 0.05) is 56.9 Å². The van der Waals surface area contributed by atoms with E-state index >= 15 is 0 Å². The first-order valence-electron chi connectivity index (χ1n) is 11.1. The first-order valence-corrected chi connectivity index (χ1v) is 11.1. The van der Waals surface area contributed by atoms with Gasteiger partial charge in [0.15, 0.2) is 0 Å². The average Bonchev–Trinajstić information content (AvgIpc) is 3.29. The van der Waals surface area contributed by atoms with Gasteiger partial charge in [-0.05, 0) is 60.4 Å². The van der Waals surface area contributed by atoms with Crippen molar-refractivity contribution >= 4 is 23.2 Å². The number of hydrazine groups is 2. The average molecular weight is 448 g/mol. The fourth-order valence-electron chi connectivity index (χ4n) is 4.18. The number of benzene rings is 1. The van der Waals surface area contributed by atoms with Crippen molar-refractivity contribution in [1.29, 1.82) is 0 Å². The zero-order chi connectivity index (χ0) is 23.2. The highest BCUT2D eigenvalue weighted by molar-refractivity contribution is 6.03. The van der Waals surface area contributed by atoms with Gasteiger partial charge in [-0.25, -0.2) is 16.3 Å². The molecule has 1 unspecified atom stereocenters. The highest BCUT2D eigenvalue weighted by Crippen LogP contribution is 2.23. The second kappa shape index (κ2) is 10.5. The van der Waals surface area contributed by atoms with Gasteiger partial charge < -0.3 is 5.01 Å². The summed E-state index contributed by atoms with van der Waals surface area (Å²) in [6.07, 6.45) is 10.5. The molecule has 9 heteroatoms. The van der Waals surface area contributed by atoms with Crippen molar-refractivity contribution in [3.8, 4) is 0 Å². The van der Waals surface area contributed by atoms with E-state index in [0.717, 1.165) is 53.2 Å². The monoisotopic (exact) mass is 447 g/mol. The van der Waals surface area contributed by atoms with Gasteiger partial charge in [0.2, 0.25) is 0 Å². The van der Waals surface area contributed by atoms with E-state index in [4.69, 9.17) is 5.84 Å². The van der Waals surface area contributed by atoms with E-state index in [1.807, 2.05) is 48.6 Å². The first-order chi connectivity index (χ1) is 16.0. The summed E-state index contributed by atoms with van der Waals surface area (Å²) >= 11 is 0. The second-order valence-corrected chi connectivity index (χ2v) is 8.41. The largest absolute Gasteiger partial charge is 0.318 e. The predicted molar refractivity (Wildman–Crippen MR) is 129 cm³/mol. The lowest BCUT2D eigenvalue weighted by molar-refractivity contribution is -0.114. The van der Waals surface area contributed by atoms with Crippen molar-refractivity contribution in [3.63, 3.8) is 0 Å². The fraction of sp³-hybridized carbons (Fsp3) is 0.333. The predicted octanol–water partition coefficient (Wildman–Crippen LogP) is 2.52. The molecule has 1 aromatic heterocycles. The van der Waals surface area contributed by atoms with E-state index in [-0.39, 0.29) is 11.9 Å². The summed E-state index contributed by atoms with van der Waals surface area (Å²) in [5.41, 5.74) is 7.91. The summed E-state index contributed by atoms with van der Waals surface area (Å²) in [6, 6.07) is 9.40. The molecule has 9 nitrogen and oxygen atoms in total. The Labute approximate surface area is 193 Å². The molecular formula is C24H29N7O2. The first kappa shape index (κ1) is 22.8. The van der Waals surface area contributed by atoms with Crippen LogP contribution in [0.1, 0.15) is 29.5 Å². The standard InChI is InChI=1S/C24H29N7O2/c1-29-16-20(14-27-29)23-10-11-26-13-19(23)6-9-24(32)31(25)22-7-4-18(5-8-22)15-30-12-2-3-21(17-30)28-33/h4-11,13,16,21,27H,2-3,12,14-15,17,25H2,1H3/b9-6+. The van der Waals surface area contributed by atoms with Gasteiger partial charge in [0.05, 0.1) is 5.69 Å². The van der Waals surface area contributed by atoms with Crippen LogP contribution in [0.15, 0.2) is 60.2 Å². The van der Waals surface area contributed by atoms with E-state index in [0.29, 0.717) is 18.8 Å². The van der Waals surface area contributed by atoms with Crippen molar-refractivity contribution in [2.45, 2.75) is 25.4 Å². The number of aromatic nitrogens is 1. The maximum absolute atomic E-state index is 12.7. The second-order valence-electron chi connectivity index (χ2n) is 8.41. The zero-order valence-corrected chi connectivity index (χ0v) is 18.7. The van der Waals surface area contributed by atoms with Crippen molar-refractivity contribution in [3.05, 3.63) is 76.6 Å². The summed E-state index contributed by atoms with van der Waals surface area (Å²) < 4.78 is 0. The van der Waals surface area contributed by atoms with E-state index in [9.17, 15) is 9.70 Å². The minimum Gasteiger partial charge on any atom is -0.318 e. The SMILES string of the molecule is CN1C=C(c2ccncc2/C=C/C(=O)N(N)c2ccc(CN3CCCC(N=O)C3)cc2)CN1. The number of amides is 1. The molecule has 0 spiro atoms. The molecule has 1 amide bonds. The van der Waals surface area contributed by atoms with Gasteiger partial charge in [-0.15, -0.1) is 0 Å². The minimum absolute atomic E-state index is 0.121. The van der Waals surface area contributed by atoms with Crippen LogP contribution in [0.2, 0.25) is 0 Å². The summed E-state index contributed by atoms with van der Waals surface area (Å²) in [4.78, 5) is 29.9. The number of nitroso groups, excluding NO2 is 1. The molecule has 0 radical (unpaired) electrons. The van der Waals surface area contributed by atoms with Crippen LogP contribution in [0.25, 0.3) is 11.6 Å². The molecule has 0 aliphatic carbocycles. The normalized spacial score (nSPS) is 19.0. The topological polar surface area (TPSA) is 107 Å². The van der Waals surface area contributed by atoms with Gasteiger partial charge in [-0.2, -0.15) is 4.91 Å². The van der Waals surface area contributed by atoms with Gasteiger partial charge in [0.1, 0.15) is 6.04 Å².